The minimum atomic E-state index is -0.394. The number of nitrogens with two attached hydrogens (primary N) is 1. The summed E-state index contributed by atoms with van der Waals surface area (Å²) in [5.74, 6) is 2.62. The second-order valence-electron chi connectivity index (χ2n) is 14.7. The largest absolute Gasteiger partial charge is 0.465 e. The van der Waals surface area contributed by atoms with Crippen molar-refractivity contribution in [3.05, 3.63) is 106 Å². The SMILES string of the molecule is CN1c2ccc(F)cc2C(=O)CC12CCNCC2.Cc1ccc(CN)o1.Cc1ccc(CNC(=O)N2CCC3(CC2)CC(=O)c2cc(F)ccc2N3C)o1.[2H]CI. The Kier molecular flexibility index (Phi) is 13.9. The fourth-order valence-corrected chi connectivity index (χ4v) is 8.08. The molecule has 2 aromatic heterocycles. The third-order valence-corrected chi connectivity index (χ3v) is 11.4. The molecule has 4 aromatic rings. The maximum atomic E-state index is 13.5. The molecule has 56 heavy (non-hydrogen) atoms. The van der Waals surface area contributed by atoms with Crippen LogP contribution >= 0.6 is 22.6 Å². The molecule has 302 valence electrons. The van der Waals surface area contributed by atoms with Crippen molar-refractivity contribution in [3.8, 4) is 0 Å². The zero-order valence-corrected chi connectivity index (χ0v) is 34.7. The standard InChI is InChI=1S/C21H24FN3O3.C14H17FN2O.C6H9NO.CH3I/c1-14-3-5-16(28-14)13-23-20(27)25-9-7-21(8-10-25)12-19(26)17-11-15(22)4-6-18(17)24(21)2;1-17-12-3-2-10(15)8-11(12)13(18)9-14(17)4-6-16-7-5-14;1-5-2-3-6(4-7)8-5;1-2/h3-6,11H,7-10,12-13H2,1-2H3,(H,23,27);2-3,8,16H,4-7,9H2,1H3;2-3H,4,7H2,1H3;1H3/i;;;1D. The highest BCUT2D eigenvalue weighted by atomic mass is 127. The molecule has 0 atom stereocenters. The fraction of sp³-hybridized carbons (Fsp3) is 0.452. The molecule has 4 N–H and O–H groups in total. The number of hydrogen-bond acceptors (Lipinski definition) is 9. The van der Waals surface area contributed by atoms with Crippen LogP contribution in [0.25, 0.3) is 0 Å². The van der Waals surface area contributed by atoms with E-state index in [2.05, 4.69) is 20.4 Å². The molecule has 2 aromatic carbocycles. The van der Waals surface area contributed by atoms with Gasteiger partial charge in [0, 0.05) is 69.4 Å². The summed E-state index contributed by atoms with van der Waals surface area (Å²) in [6.45, 7) is 7.62. The number of urea groups is 1. The Morgan fingerprint density at radius 3 is 1.71 bits per heavy atom. The zero-order chi connectivity index (χ0) is 41.3. The Labute approximate surface area is 342 Å². The number of halogens is 3. The van der Waals surface area contributed by atoms with Crippen molar-refractivity contribution >= 4 is 51.6 Å². The fourth-order valence-electron chi connectivity index (χ4n) is 8.08. The first-order valence-corrected chi connectivity index (χ1v) is 20.3. The van der Waals surface area contributed by atoms with Crippen molar-refractivity contribution in [2.75, 3.05) is 55.0 Å². The summed E-state index contributed by atoms with van der Waals surface area (Å²) >= 11 is 1.96. The topological polar surface area (TPSA) is 137 Å². The van der Waals surface area contributed by atoms with Crippen LogP contribution in [0.5, 0.6) is 0 Å². The lowest BCUT2D eigenvalue weighted by atomic mass is 9.77. The van der Waals surface area contributed by atoms with Crippen LogP contribution in [0.2, 0.25) is 0 Å². The second-order valence-corrected chi connectivity index (χ2v) is 14.7. The third kappa shape index (κ3) is 9.63. The van der Waals surface area contributed by atoms with E-state index in [1.807, 2.05) is 74.8 Å². The van der Waals surface area contributed by atoms with E-state index in [1.165, 1.54) is 24.3 Å². The van der Waals surface area contributed by atoms with Gasteiger partial charge >= 0.3 is 6.03 Å². The summed E-state index contributed by atoms with van der Waals surface area (Å²) in [5, 5.41) is 6.21. The number of rotatable bonds is 3. The number of hydrogen-bond donors (Lipinski definition) is 3. The average molecular weight is 888 g/mol. The molecular weight excluding hydrogens is 833 g/mol. The van der Waals surface area contributed by atoms with Gasteiger partial charge in [-0.25, -0.2) is 13.6 Å². The molecule has 0 radical (unpaired) electrons. The second kappa shape index (κ2) is 18.8. The Bertz CT molecular complexity index is 2010. The summed E-state index contributed by atoms with van der Waals surface area (Å²) in [6.07, 6.45) is 4.17. The molecule has 0 saturated carbocycles. The molecule has 4 aliphatic rings. The predicted octanol–water partition coefficient (Wildman–Crippen LogP) is 7.56. The summed E-state index contributed by atoms with van der Waals surface area (Å²) in [7, 11) is 3.98. The first kappa shape index (κ1) is 41.4. The maximum Gasteiger partial charge on any atom is 0.317 e. The van der Waals surface area contributed by atoms with E-state index in [-0.39, 0.29) is 34.5 Å². The number of nitrogens with one attached hydrogen (secondary N) is 2. The molecule has 2 spiro atoms. The number of ketones is 2. The van der Waals surface area contributed by atoms with Crippen molar-refractivity contribution in [3.63, 3.8) is 0 Å². The van der Waals surface area contributed by atoms with Gasteiger partial charge in [0.1, 0.15) is 34.7 Å². The molecule has 2 saturated heterocycles. The van der Waals surface area contributed by atoms with Gasteiger partial charge in [0.25, 0.3) is 0 Å². The van der Waals surface area contributed by atoms with Gasteiger partial charge in [0.2, 0.25) is 0 Å². The van der Waals surface area contributed by atoms with Crippen molar-refractivity contribution in [2.45, 2.75) is 76.5 Å². The van der Waals surface area contributed by atoms with Gasteiger partial charge in [0.15, 0.2) is 11.6 Å². The number of aryl methyl sites for hydroxylation is 2. The van der Waals surface area contributed by atoms with Gasteiger partial charge in [-0.05, 0) is 118 Å². The third-order valence-electron chi connectivity index (χ3n) is 11.4. The maximum absolute atomic E-state index is 13.5. The number of Topliss-reactive ketones (excluding diaryl/α,β-unsaturated/α-hetero) is 2. The number of furan rings is 2. The van der Waals surface area contributed by atoms with Gasteiger partial charge < -0.3 is 39.9 Å². The Hall–Kier alpha value is -4.28. The molecule has 4 aliphatic heterocycles. The number of likely N-dealkylation sites (tertiary alicyclic amines) is 1. The number of nitrogens with zero attached hydrogens (tertiary/aromatic N) is 3. The Morgan fingerprint density at radius 2 is 1.29 bits per heavy atom. The van der Waals surface area contributed by atoms with E-state index in [4.69, 9.17) is 15.9 Å². The molecule has 8 rings (SSSR count). The summed E-state index contributed by atoms with van der Waals surface area (Å²) in [6, 6.07) is 16.3. The van der Waals surface area contributed by atoms with Crippen molar-refractivity contribution in [2.24, 2.45) is 5.73 Å². The number of benzene rings is 2. The number of amides is 2. The summed E-state index contributed by atoms with van der Waals surface area (Å²) in [4.78, 5) is 43.9. The number of carbonyl (C=O) groups is 3. The Balaban J connectivity index is 0.000000181. The van der Waals surface area contributed by atoms with Gasteiger partial charge in [-0.1, -0.05) is 22.6 Å². The highest BCUT2D eigenvalue weighted by Gasteiger charge is 2.46. The summed E-state index contributed by atoms with van der Waals surface area (Å²) < 4.78 is 43.6. The van der Waals surface area contributed by atoms with Crippen molar-refractivity contribution in [1.82, 2.24) is 15.5 Å². The van der Waals surface area contributed by atoms with Crippen LogP contribution in [-0.2, 0) is 13.1 Å². The smallest absolute Gasteiger partial charge is 0.317 e. The van der Waals surface area contributed by atoms with E-state index < -0.39 is 5.82 Å². The van der Waals surface area contributed by atoms with Crippen LogP contribution < -0.4 is 26.2 Å². The lowest BCUT2D eigenvalue weighted by Crippen LogP contribution is -2.59. The van der Waals surface area contributed by atoms with Gasteiger partial charge in [-0.3, -0.25) is 9.59 Å². The zero-order valence-electron chi connectivity index (χ0n) is 33.6. The van der Waals surface area contributed by atoms with Crippen LogP contribution in [0.3, 0.4) is 0 Å². The minimum absolute atomic E-state index is 0.0290. The number of fused-ring (bicyclic) bond motifs is 2. The monoisotopic (exact) mass is 887 g/mol. The number of carbonyl (C=O) groups excluding carboxylic acids is 3. The minimum Gasteiger partial charge on any atom is -0.465 e. The highest BCUT2D eigenvalue weighted by molar-refractivity contribution is 14.1. The van der Waals surface area contributed by atoms with Crippen molar-refractivity contribution in [1.29, 1.82) is 0 Å². The molecule has 0 unspecified atom stereocenters. The van der Waals surface area contributed by atoms with Crippen molar-refractivity contribution < 1.29 is 33.4 Å². The highest BCUT2D eigenvalue weighted by Crippen LogP contribution is 2.43. The molecule has 2 fully saturated rings. The molecule has 0 aliphatic carbocycles. The molecular formula is C42H53F2IN6O5. The molecule has 11 nitrogen and oxygen atoms in total. The van der Waals surface area contributed by atoms with Gasteiger partial charge in [0.05, 0.1) is 18.6 Å². The quantitative estimate of drug-likeness (QED) is 0.141. The van der Waals surface area contributed by atoms with Crippen LogP contribution in [0, 0.1) is 25.5 Å². The first-order chi connectivity index (χ1) is 27.2. The number of alkyl halides is 1. The number of piperidine rings is 2. The average Bonchev–Trinajstić information content (AvgIpc) is 3.83. The molecule has 0 bridgehead atoms. The normalized spacial score (nSPS) is 18.0. The molecule has 14 heteroatoms. The lowest BCUT2D eigenvalue weighted by Gasteiger charge is -2.50. The van der Waals surface area contributed by atoms with E-state index in [0.717, 1.165) is 60.3 Å². The van der Waals surface area contributed by atoms with E-state index in [0.29, 0.717) is 67.9 Å². The van der Waals surface area contributed by atoms with Crippen LogP contribution in [0.1, 0.15) is 83.7 Å². The van der Waals surface area contributed by atoms with Crippen LogP contribution in [-0.4, -0.2) is 78.8 Å². The predicted molar refractivity (Wildman–Crippen MR) is 223 cm³/mol. The van der Waals surface area contributed by atoms with E-state index >= 15 is 0 Å². The summed E-state index contributed by atoms with van der Waals surface area (Å²) in [5.41, 5.74) is 7.48. The number of anilines is 2. The lowest BCUT2D eigenvalue weighted by molar-refractivity contribution is 0.0887. The first-order valence-electron chi connectivity index (χ1n) is 19.5. The Morgan fingerprint density at radius 1 is 0.821 bits per heavy atom. The van der Waals surface area contributed by atoms with Crippen LogP contribution in [0.15, 0.2) is 69.5 Å². The van der Waals surface area contributed by atoms with E-state index in [1.54, 1.807) is 17.0 Å². The molecule has 6 heterocycles. The van der Waals surface area contributed by atoms with Gasteiger partial charge in [-0.15, -0.1) is 0 Å². The van der Waals surface area contributed by atoms with E-state index in [9.17, 15) is 23.2 Å². The van der Waals surface area contributed by atoms with Crippen LogP contribution in [0.4, 0.5) is 25.0 Å². The molecule has 2 amide bonds. The van der Waals surface area contributed by atoms with Gasteiger partial charge in [-0.2, -0.15) is 0 Å².